The Hall–Kier alpha value is -0.120. The molecular weight excluding hydrogens is 156 g/mol. The zero-order valence-corrected chi connectivity index (χ0v) is 8.24. The van der Waals surface area contributed by atoms with Crippen LogP contribution in [0, 0.1) is 0 Å². The van der Waals surface area contributed by atoms with Crippen molar-refractivity contribution in [3.05, 3.63) is 0 Å². The molecule has 0 aliphatic carbocycles. The molecule has 0 saturated carbocycles. The molecule has 12 heavy (non-hydrogen) atoms. The van der Waals surface area contributed by atoms with E-state index >= 15 is 0 Å². The van der Waals surface area contributed by atoms with Crippen molar-refractivity contribution in [1.29, 1.82) is 0 Å². The fourth-order valence-corrected chi connectivity index (χ4v) is 1.84. The zero-order valence-electron chi connectivity index (χ0n) is 8.24. The van der Waals surface area contributed by atoms with E-state index in [4.69, 9.17) is 14.2 Å². The molecule has 72 valence electrons. The maximum atomic E-state index is 5.62. The minimum absolute atomic E-state index is 0.0752. The Labute approximate surface area is 74.0 Å². The normalized spacial score (nSPS) is 43.0. The molecule has 0 unspecified atom stereocenters. The van der Waals surface area contributed by atoms with Crippen molar-refractivity contribution in [3.8, 4) is 0 Å². The molecule has 1 aliphatic heterocycles. The summed E-state index contributed by atoms with van der Waals surface area (Å²) in [6.45, 7) is 4.09. The second-order valence-electron chi connectivity index (χ2n) is 3.36. The molecular formula is C9H18O3. The van der Waals surface area contributed by atoms with E-state index in [1.54, 1.807) is 14.2 Å². The molecule has 0 radical (unpaired) electrons. The number of hydrogen-bond donors (Lipinski definition) is 0. The summed E-state index contributed by atoms with van der Waals surface area (Å²) in [6, 6.07) is 0. The van der Waals surface area contributed by atoms with Gasteiger partial charge in [-0.2, -0.15) is 0 Å². The molecule has 0 aromatic carbocycles. The predicted octanol–water partition coefficient (Wildman–Crippen LogP) is 1.21. The standard InChI is InChI=1S/C9H18O3/c1-6-5-8(10-3)9(11-4)7(2)12-6/h6-9H,5H2,1-4H3/t6-,7+,8+,9+/m0/s1. The molecule has 1 rings (SSSR count). The van der Waals surface area contributed by atoms with E-state index < -0.39 is 0 Å². The molecule has 4 atom stereocenters. The predicted molar refractivity (Wildman–Crippen MR) is 46.2 cm³/mol. The summed E-state index contributed by atoms with van der Waals surface area (Å²) in [5.74, 6) is 0. The Kier molecular flexibility index (Phi) is 3.50. The summed E-state index contributed by atoms with van der Waals surface area (Å²) in [5, 5.41) is 0. The Bertz CT molecular complexity index is 138. The van der Waals surface area contributed by atoms with Gasteiger partial charge in [0, 0.05) is 20.6 Å². The fourth-order valence-electron chi connectivity index (χ4n) is 1.84. The van der Waals surface area contributed by atoms with E-state index in [2.05, 4.69) is 6.92 Å². The van der Waals surface area contributed by atoms with Crippen molar-refractivity contribution in [3.63, 3.8) is 0 Å². The summed E-state index contributed by atoms with van der Waals surface area (Å²) in [4.78, 5) is 0. The van der Waals surface area contributed by atoms with Gasteiger partial charge in [-0.3, -0.25) is 0 Å². The van der Waals surface area contributed by atoms with Crippen molar-refractivity contribution in [2.75, 3.05) is 14.2 Å². The van der Waals surface area contributed by atoms with E-state index in [0.717, 1.165) is 6.42 Å². The summed E-state index contributed by atoms with van der Waals surface area (Å²) >= 11 is 0. The first-order valence-electron chi connectivity index (χ1n) is 4.40. The minimum Gasteiger partial charge on any atom is -0.379 e. The SMILES string of the molecule is CO[C@@H]1[C@@H](C)O[C@@H](C)C[C@H]1OC. The third-order valence-corrected chi connectivity index (χ3v) is 2.42. The molecule has 1 aliphatic rings. The molecule has 1 heterocycles. The maximum Gasteiger partial charge on any atom is 0.109 e. The highest BCUT2D eigenvalue weighted by molar-refractivity contribution is 4.83. The van der Waals surface area contributed by atoms with Gasteiger partial charge in [-0.15, -0.1) is 0 Å². The van der Waals surface area contributed by atoms with Crippen LogP contribution in [0.1, 0.15) is 20.3 Å². The molecule has 0 aromatic rings. The van der Waals surface area contributed by atoms with Crippen molar-refractivity contribution in [2.45, 2.75) is 44.7 Å². The molecule has 0 N–H and O–H groups in total. The van der Waals surface area contributed by atoms with Crippen LogP contribution in [-0.4, -0.2) is 38.6 Å². The monoisotopic (exact) mass is 174 g/mol. The van der Waals surface area contributed by atoms with E-state index in [-0.39, 0.29) is 24.4 Å². The lowest BCUT2D eigenvalue weighted by molar-refractivity contribution is -0.176. The van der Waals surface area contributed by atoms with Crippen LogP contribution in [0.5, 0.6) is 0 Å². The number of methoxy groups -OCH3 is 2. The van der Waals surface area contributed by atoms with Crippen LogP contribution in [0.15, 0.2) is 0 Å². The van der Waals surface area contributed by atoms with Crippen LogP contribution >= 0.6 is 0 Å². The van der Waals surface area contributed by atoms with Crippen LogP contribution < -0.4 is 0 Å². The Morgan fingerprint density at radius 3 is 2.33 bits per heavy atom. The molecule has 1 fully saturated rings. The van der Waals surface area contributed by atoms with E-state index in [9.17, 15) is 0 Å². The first kappa shape index (κ1) is 9.96. The highest BCUT2D eigenvalue weighted by atomic mass is 16.6. The van der Waals surface area contributed by atoms with Gasteiger partial charge in [0.1, 0.15) is 6.10 Å². The number of ether oxygens (including phenoxy) is 3. The number of hydrogen-bond acceptors (Lipinski definition) is 3. The lowest BCUT2D eigenvalue weighted by Crippen LogP contribution is -2.47. The summed E-state index contributed by atoms with van der Waals surface area (Å²) in [7, 11) is 3.42. The Balaban J connectivity index is 2.56. The van der Waals surface area contributed by atoms with Gasteiger partial charge < -0.3 is 14.2 Å². The van der Waals surface area contributed by atoms with Gasteiger partial charge in [0.2, 0.25) is 0 Å². The van der Waals surface area contributed by atoms with Gasteiger partial charge in [0.25, 0.3) is 0 Å². The van der Waals surface area contributed by atoms with Crippen LogP contribution in [0.4, 0.5) is 0 Å². The maximum absolute atomic E-state index is 5.62. The lowest BCUT2D eigenvalue weighted by atomic mass is 9.99. The second kappa shape index (κ2) is 4.21. The lowest BCUT2D eigenvalue weighted by Gasteiger charge is -2.37. The van der Waals surface area contributed by atoms with Crippen LogP contribution in [-0.2, 0) is 14.2 Å². The first-order chi connectivity index (χ1) is 5.69. The van der Waals surface area contributed by atoms with Gasteiger partial charge in [-0.25, -0.2) is 0 Å². The van der Waals surface area contributed by atoms with Crippen molar-refractivity contribution < 1.29 is 14.2 Å². The highest BCUT2D eigenvalue weighted by Crippen LogP contribution is 2.23. The molecule has 3 nitrogen and oxygen atoms in total. The minimum atomic E-state index is 0.0752. The first-order valence-corrected chi connectivity index (χ1v) is 4.40. The van der Waals surface area contributed by atoms with Gasteiger partial charge in [-0.1, -0.05) is 0 Å². The summed E-state index contributed by atoms with van der Waals surface area (Å²) < 4.78 is 16.3. The van der Waals surface area contributed by atoms with Crippen molar-refractivity contribution in [1.82, 2.24) is 0 Å². The average Bonchev–Trinajstić information content (AvgIpc) is 2.03. The summed E-state index contributed by atoms with van der Waals surface area (Å²) in [5.41, 5.74) is 0. The van der Waals surface area contributed by atoms with Crippen molar-refractivity contribution >= 4 is 0 Å². The molecule has 0 aromatic heterocycles. The average molecular weight is 174 g/mol. The fraction of sp³-hybridized carbons (Fsp3) is 1.00. The summed E-state index contributed by atoms with van der Waals surface area (Å²) in [6.07, 6.45) is 1.57. The van der Waals surface area contributed by atoms with E-state index in [0.29, 0.717) is 0 Å². The third-order valence-electron chi connectivity index (χ3n) is 2.42. The largest absolute Gasteiger partial charge is 0.379 e. The smallest absolute Gasteiger partial charge is 0.109 e. The molecule has 0 amide bonds. The van der Waals surface area contributed by atoms with Gasteiger partial charge in [0.05, 0.1) is 18.3 Å². The molecule has 0 spiro atoms. The zero-order chi connectivity index (χ0) is 9.14. The van der Waals surface area contributed by atoms with Gasteiger partial charge >= 0.3 is 0 Å². The van der Waals surface area contributed by atoms with Crippen LogP contribution in [0.25, 0.3) is 0 Å². The topological polar surface area (TPSA) is 27.7 Å². The third kappa shape index (κ3) is 1.97. The number of rotatable bonds is 2. The van der Waals surface area contributed by atoms with Crippen LogP contribution in [0.3, 0.4) is 0 Å². The Morgan fingerprint density at radius 2 is 1.83 bits per heavy atom. The highest BCUT2D eigenvalue weighted by Gasteiger charge is 2.34. The Morgan fingerprint density at radius 1 is 1.17 bits per heavy atom. The molecule has 0 bridgehead atoms. The van der Waals surface area contributed by atoms with Crippen LogP contribution in [0.2, 0.25) is 0 Å². The molecule has 3 heteroatoms. The van der Waals surface area contributed by atoms with E-state index in [1.807, 2.05) is 6.92 Å². The van der Waals surface area contributed by atoms with Gasteiger partial charge in [0.15, 0.2) is 0 Å². The van der Waals surface area contributed by atoms with Gasteiger partial charge in [-0.05, 0) is 13.8 Å². The second-order valence-corrected chi connectivity index (χ2v) is 3.36. The van der Waals surface area contributed by atoms with E-state index in [1.165, 1.54) is 0 Å². The molecule has 1 saturated heterocycles. The van der Waals surface area contributed by atoms with Crippen molar-refractivity contribution in [2.24, 2.45) is 0 Å². The quantitative estimate of drug-likeness (QED) is 0.630.